The van der Waals surface area contributed by atoms with E-state index in [0.717, 1.165) is 11.5 Å². The molecule has 1 amide bonds. The second kappa shape index (κ2) is 4.71. The lowest BCUT2D eigenvalue weighted by molar-refractivity contribution is 0.0696. The highest BCUT2D eigenvalue weighted by molar-refractivity contribution is 7.07. The topological polar surface area (TPSA) is 92.2 Å². The van der Waals surface area contributed by atoms with Crippen LogP contribution in [0.15, 0.2) is 30.5 Å². The molecule has 2 aromatic rings. The molecule has 0 aliphatic heterocycles. The molecule has 2 rings (SSSR count). The Kier molecular flexibility index (Phi) is 3.10. The highest BCUT2D eigenvalue weighted by Gasteiger charge is 2.09. The van der Waals surface area contributed by atoms with Gasteiger partial charge in [-0.15, -0.1) is 5.10 Å². The molecule has 2 N–H and O–H groups in total. The third-order valence-corrected chi connectivity index (χ3v) is 2.64. The summed E-state index contributed by atoms with van der Waals surface area (Å²) in [6, 6.07) is 5.89. The number of carbonyl (C=O) groups excluding carboxylic acids is 1. The van der Waals surface area contributed by atoms with E-state index in [1.165, 1.54) is 30.5 Å². The predicted molar refractivity (Wildman–Crippen MR) is 61.3 cm³/mol. The van der Waals surface area contributed by atoms with E-state index in [2.05, 4.69) is 14.9 Å². The van der Waals surface area contributed by atoms with E-state index in [0.29, 0.717) is 10.6 Å². The summed E-state index contributed by atoms with van der Waals surface area (Å²) in [6.45, 7) is 0. The van der Waals surface area contributed by atoms with Crippen LogP contribution in [0.3, 0.4) is 0 Å². The lowest BCUT2D eigenvalue weighted by Crippen LogP contribution is -2.10. The second-order valence-corrected chi connectivity index (χ2v) is 3.90. The SMILES string of the molecule is O=C(O)c1ccc(NC(=O)c2cnns2)cc1. The van der Waals surface area contributed by atoms with Crippen molar-refractivity contribution in [2.24, 2.45) is 0 Å². The molecule has 0 radical (unpaired) electrons. The first kappa shape index (κ1) is 11.2. The molecular formula is C10H7N3O3S. The molecule has 0 aliphatic rings. The first-order valence-electron chi connectivity index (χ1n) is 4.59. The molecule has 1 heterocycles. The number of anilines is 1. The van der Waals surface area contributed by atoms with Crippen molar-refractivity contribution in [3.8, 4) is 0 Å². The summed E-state index contributed by atoms with van der Waals surface area (Å²) in [4.78, 5) is 22.6. The van der Waals surface area contributed by atoms with Crippen LogP contribution in [0.4, 0.5) is 5.69 Å². The molecule has 7 heteroatoms. The van der Waals surface area contributed by atoms with Crippen LogP contribution in [-0.4, -0.2) is 26.6 Å². The second-order valence-electron chi connectivity index (χ2n) is 3.12. The summed E-state index contributed by atoms with van der Waals surface area (Å²) in [6.07, 6.45) is 1.37. The fourth-order valence-corrected chi connectivity index (χ4v) is 1.57. The highest BCUT2D eigenvalue weighted by atomic mass is 32.1. The number of hydrogen-bond acceptors (Lipinski definition) is 5. The lowest BCUT2D eigenvalue weighted by Gasteiger charge is -2.02. The average Bonchev–Trinajstić information content (AvgIpc) is 2.83. The van der Waals surface area contributed by atoms with E-state index in [9.17, 15) is 9.59 Å². The molecule has 0 atom stereocenters. The van der Waals surface area contributed by atoms with Gasteiger partial charge in [-0.25, -0.2) is 4.79 Å². The molecule has 0 bridgehead atoms. The van der Waals surface area contributed by atoms with Gasteiger partial charge in [-0.05, 0) is 35.8 Å². The van der Waals surface area contributed by atoms with Gasteiger partial charge in [0.1, 0.15) is 4.88 Å². The zero-order valence-corrected chi connectivity index (χ0v) is 9.27. The maximum atomic E-state index is 11.6. The van der Waals surface area contributed by atoms with Gasteiger partial charge in [-0.1, -0.05) is 4.49 Å². The van der Waals surface area contributed by atoms with Crippen molar-refractivity contribution >= 4 is 29.1 Å². The van der Waals surface area contributed by atoms with Gasteiger partial charge in [-0.3, -0.25) is 4.79 Å². The van der Waals surface area contributed by atoms with E-state index in [1.807, 2.05) is 0 Å². The average molecular weight is 249 g/mol. The van der Waals surface area contributed by atoms with E-state index in [1.54, 1.807) is 0 Å². The van der Waals surface area contributed by atoms with Crippen molar-refractivity contribution in [1.82, 2.24) is 9.59 Å². The quantitative estimate of drug-likeness (QED) is 0.859. The third-order valence-electron chi connectivity index (χ3n) is 1.97. The van der Waals surface area contributed by atoms with Crippen LogP contribution in [0.2, 0.25) is 0 Å². The first-order chi connectivity index (χ1) is 8.16. The number of carbonyl (C=O) groups is 2. The Balaban J connectivity index is 2.09. The van der Waals surface area contributed by atoms with Crippen LogP contribution in [0, 0.1) is 0 Å². The number of carboxylic acid groups (broad SMARTS) is 1. The zero-order chi connectivity index (χ0) is 12.3. The Bertz CT molecular complexity index is 536. The number of benzene rings is 1. The highest BCUT2D eigenvalue weighted by Crippen LogP contribution is 2.12. The fraction of sp³-hybridized carbons (Fsp3) is 0. The summed E-state index contributed by atoms with van der Waals surface area (Å²) in [5.74, 6) is -1.32. The van der Waals surface area contributed by atoms with Crippen LogP contribution in [0.5, 0.6) is 0 Å². The summed E-state index contributed by atoms with van der Waals surface area (Å²) >= 11 is 0.991. The molecule has 1 aromatic heterocycles. The van der Waals surface area contributed by atoms with Gasteiger partial charge in [0.25, 0.3) is 5.91 Å². The summed E-state index contributed by atoms with van der Waals surface area (Å²) in [5, 5.41) is 14.9. The van der Waals surface area contributed by atoms with Gasteiger partial charge < -0.3 is 10.4 Å². The number of carboxylic acids is 1. The molecule has 6 nitrogen and oxygen atoms in total. The van der Waals surface area contributed by atoms with Crippen LogP contribution in [0.25, 0.3) is 0 Å². The molecule has 1 aromatic carbocycles. The largest absolute Gasteiger partial charge is 0.478 e. The minimum absolute atomic E-state index is 0.169. The van der Waals surface area contributed by atoms with E-state index >= 15 is 0 Å². The summed E-state index contributed by atoms with van der Waals surface area (Å²) < 4.78 is 3.58. The van der Waals surface area contributed by atoms with E-state index in [-0.39, 0.29) is 11.5 Å². The number of nitrogens with one attached hydrogen (secondary N) is 1. The van der Waals surface area contributed by atoms with Crippen molar-refractivity contribution in [1.29, 1.82) is 0 Å². The summed E-state index contributed by atoms with van der Waals surface area (Å²) in [7, 11) is 0. The predicted octanol–water partition coefficient (Wildman–Crippen LogP) is 1.49. The van der Waals surface area contributed by atoms with Crippen LogP contribution >= 0.6 is 11.5 Å². The Hall–Kier alpha value is -2.28. The third kappa shape index (κ3) is 2.64. The number of aromatic nitrogens is 2. The number of amides is 1. The van der Waals surface area contributed by atoms with E-state index in [4.69, 9.17) is 5.11 Å². The number of hydrogen-bond donors (Lipinski definition) is 2. The first-order valence-corrected chi connectivity index (χ1v) is 5.36. The Morgan fingerprint density at radius 2 is 1.94 bits per heavy atom. The molecule has 0 aliphatic carbocycles. The van der Waals surface area contributed by atoms with Gasteiger partial charge in [0.15, 0.2) is 0 Å². The van der Waals surface area contributed by atoms with Crippen LogP contribution in [0.1, 0.15) is 20.0 Å². The zero-order valence-electron chi connectivity index (χ0n) is 8.45. The van der Waals surface area contributed by atoms with Gasteiger partial charge in [0.2, 0.25) is 0 Å². The molecule has 0 saturated heterocycles. The molecule has 0 spiro atoms. The van der Waals surface area contributed by atoms with Gasteiger partial charge in [-0.2, -0.15) is 0 Å². The summed E-state index contributed by atoms with van der Waals surface area (Å²) in [5.41, 5.74) is 0.691. The molecule has 86 valence electrons. The Morgan fingerprint density at radius 1 is 1.24 bits per heavy atom. The maximum Gasteiger partial charge on any atom is 0.335 e. The van der Waals surface area contributed by atoms with Crippen LogP contribution < -0.4 is 5.32 Å². The molecule has 0 fully saturated rings. The standard InChI is InChI=1S/C10H7N3O3S/c14-9(8-5-11-13-17-8)12-7-3-1-6(2-4-7)10(15)16/h1-5H,(H,12,14)(H,15,16). The van der Waals surface area contributed by atoms with E-state index < -0.39 is 5.97 Å². The van der Waals surface area contributed by atoms with Gasteiger partial charge >= 0.3 is 5.97 Å². The Morgan fingerprint density at radius 3 is 2.47 bits per heavy atom. The van der Waals surface area contributed by atoms with Crippen molar-refractivity contribution in [2.75, 3.05) is 5.32 Å². The smallest absolute Gasteiger partial charge is 0.335 e. The molecule has 0 saturated carbocycles. The van der Waals surface area contributed by atoms with Crippen molar-refractivity contribution in [2.45, 2.75) is 0 Å². The molecule has 0 unspecified atom stereocenters. The van der Waals surface area contributed by atoms with Crippen LogP contribution in [-0.2, 0) is 0 Å². The normalized spacial score (nSPS) is 9.88. The van der Waals surface area contributed by atoms with Crippen molar-refractivity contribution < 1.29 is 14.7 Å². The molecule has 17 heavy (non-hydrogen) atoms. The van der Waals surface area contributed by atoms with Gasteiger partial charge in [0, 0.05) is 5.69 Å². The van der Waals surface area contributed by atoms with Crippen molar-refractivity contribution in [3.05, 3.63) is 40.9 Å². The number of nitrogens with zero attached hydrogens (tertiary/aromatic N) is 2. The fourth-order valence-electron chi connectivity index (χ4n) is 1.16. The maximum absolute atomic E-state index is 11.6. The monoisotopic (exact) mass is 249 g/mol. The number of rotatable bonds is 3. The Labute approximate surface area is 100 Å². The van der Waals surface area contributed by atoms with Crippen molar-refractivity contribution in [3.63, 3.8) is 0 Å². The lowest BCUT2D eigenvalue weighted by atomic mass is 10.2. The molecular weight excluding hydrogens is 242 g/mol. The minimum atomic E-state index is -1.01. The number of aromatic carboxylic acids is 1. The van der Waals surface area contributed by atoms with Gasteiger partial charge in [0.05, 0.1) is 11.8 Å². The minimum Gasteiger partial charge on any atom is -0.478 e.